The molecule has 108 valence electrons. The summed E-state index contributed by atoms with van der Waals surface area (Å²) in [6.07, 6.45) is -0.0762. The fraction of sp³-hybridized carbons (Fsp3) is 1.00. The minimum atomic E-state index is -3.03. The quantitative estimate of drug-likeness (QED) is 0.721. The second kappa shape index (κ2) is 7.69. The first-order valence-electron chi connectivity index (χ1n) is 6.40. The molecule has 0 amide bonds. The second-order valence-electron chi connectivity index (χ2n) is 4.29. The number of thioether (sulfide) groups is 1. The monoisotopic (exact) mass is 296 g/mol. The fourth-order valence-electron chi connectivity index (χ4n) is 2.04. The predicted octanol–water partition coefficient (Wildman–Crippen LogP) is 0.160. The van der Waals surface area contributed by atoms with Gasteiger partial charge in [-0.15, -0.1) is 0 Å². The molecule has 1 aliphatic rings. The number of sulfone groups is 1. The predicted molar refractivity (Wildman–Crippen MR) is 76.6 cm³/mol. The van der Waals surface area contributed by atoms with Gasteiger partial charge in [-0.1, -0.05) is 6.92 Å². The normalized spacial score (nSPS) is 24.1. The summed E-state index contributed by atoms with van der Waals surface area (Å²) in [4.78, 5) is 2.02. The van der Waals surface area contributed by atoms with Crippen molar-refractivity contribution in [2.24, 2.45) is 5.73 Å². The molecule has 0 saturated carbocycles. The Bertz CT molecular complexity index is 335. The number of nitrogens with two attached hydrogens (primary N) is 1. The minimum absolute atomic E-state index is 0.0762. The molecule has 2 unspecified atom stereocenters. The molecule has 0 aliphatic carbocycles. The van der Waals surface area contributed by atoms with Gasteiger partial charge in [0.05, 0.1) is 6.10 Å². The zero-order valence-corrected chi connectivity index (χ0v) is 12.8. The van der Waals surface area contributed by atoms with E-state index in [1.54, 1.807) is 18.7 Å². The van der Waals surface area contributed by atoms with Gasteiger partial charge in [-0.25, -0.2) is 8.42 Å². The largest absolute Gasteiger partial charge is 0.376 e. The summed E-state index contributed by atoms with van der Waals surface area (Å²) in [5.41, 5.74) is 5.66. The number of hydrogen-bond donors (Lipinski definition) is 1. The van der Waals surface area contributed by atoms with E-state index in [0.29, 0.717) is 25.4 Å². The van der Waals surface area contributed by atoms with Crippen LogP contribution < -0.4 is 5.73 Å². The summed E-state index contributed by atoms with van der Waals surface area (Å²) in [6, 6.07) is 0. The van der Waals surface area contributed by atoms with Gasteiger partial charge in [0.25, 0.3) is 0 Å². The summed E-state index contributed by atoms with van der Waals surface area (Å²) < 4.78 is 29.7. The summed E-state index contributed by atoms with van der Waals surface area (Å²) in [7, 11) is -3.03. The van der Waals surface area contributed by atoms with Crippen LogP contribution in [-0.4, -0.2) is 68.3 Å². The molecule has 1 heterocycles. The first kappa shape index (κ1) is 16.2. The molecule has 1 aliphatic heterocycles. The first-order valence-corrected chi connectivity index (χ1v) is 9.27. The van der Waals surface area contributed by atoms with Gasteiger partial charge >= 0.3 is 0 Å². The smallest absolute Gasteiger partial charge is 0.166 e. The summed E-state index contributed by atoms with van der Waals surface area (Å²) in [5, 5.41) is -0.379. The van der Waals surface area contributed by atoms with E-state index in [2.05, 4.69) is 0 Å². The molecule has 5 nitrogen and oxygen atoms in total. The zero-order chi connectivity index (χ0) is 13.6. The van der Waals surface area contributed by atoms with Crippen molar-refractivity contribution in [3.8, 4) is 0 Å². The van der Waals surface area contributed by atoms with Crippen LogP contribution in [0, 0.1) is 0 Å². The van der Waals surface area contributed by atoms with Crippen LogP contribution in [0.5, 0.6) is 0 Å². The van der Waals surface area contributed by atoms with E-state index < -0.39 is 9.84 Å². The van der Waals surface area contributed by atoms with Gasteiger partial charge in [-0.3, -0.25) is 4.90 Å². The molecule has 7 heteroatoms. The highest BCUT2D eigenvalue weighted by Gasteiger charge is 2.33. The summed E-state index contributed by atoms with van der Waals surface area (Å²) in [6.45, 7) is 6.06. The zero-order valence-electron chi connectivity index (χ0n) is 11.2. The lowest BCUT2D eigenvalue weighted by Crippen LogP contribution is -2.51. The Kier molecular flexibility index (Phi) is 6.94. The van der Waals surface area contributed by atoms with Crippen LogP contribution in [0.3, 0.4) is 0 Å². The molecule has 0 aromatic rings. The number of ether oxygens (including phenoxy) is 1. The molecule has 2 N–H and O–H groups in total. The van der Waals surface area contributed by atoms with Crippen LogP contribution in [0.1, 0.15) is 13.8 Å². The highest BCUT2D eigenvalue weighted by atomic mass is 32.2. The van der Waals surface area contributed by atoms with Crippen molar-refractivity contribution in [1.29, 1.82) is 0 Å². The lowest BCUT2D eigenvalue weighted by atomic mass is 10.3. The van der Waals surface area contributed by atoms with Gasteiger partial charge in [-0.2, -0.15) is 11.8 Å². The number of rotatable bonds is 7. The molecule has 1 rings (SSSR count). The van der Waals surface area contributed by atoms with E-state index in [9.17, 15) is 8.42 Å². The van der Waals surface area contributed by atoms with Crippen molar-refractivity contribution in [3.63, 3.8) is 0 Å². The molecule has 0 aromatic heterocycles. The van der Waals surface area contributed by atoms with Crippen LogP contribution in [0.4, 0.5) is 0 Å². The molecular formula is C11H24N2O3S2. The topological polar surface area (TPSA) is 72.6 Å². The Morgan fingerprint density at radius 1 is 1.50 bits per heavy atom. The van der Waals surface area contributed by atoms with Crippen molar-refractivity contribution >= 4 is 21.6 Å². The Morgan fingerprint density at radius 3 is 2.78 bits per heavy atom. The second-order valence-corrected chi connectivity index (χ2v) is 7.89. The Hall–Kier alpha value is 0.180. The third-order valence-corrected chi connectivity index (χ3v) is 6.44. The molecule has 0 radical (unpaired) electrons. The average molecular weight is 296 g/mol. The minimum Gasteiger partial charge on any atom is -0.376 e. The van der Waals surface area contributed by atoms with Gasteiger partial charge in [0.2, 0.25) is 0 Å². The van der Waals surface area contributed by atoms with Crippen LogP contribution in [0.2, 0.25) is 0 Å². The van der Waals surface area contributed by atoms with E-state index in [1.165, 1.54) is 0 Å². The highest BCUT2D eigenvalue weighted by Crippen LogP contribution is 2.21. The van der Waals surface area contributed by atoms with Crippen molar-refractivity contribution in [2.45, 2.75) is 25.3 Å². The highest BCUT2D eigenvalue weighted by molar-refractivity contribution is 8.01. The molecule has 1 saturated heterocycles. The van der Waals surface area contributed by atoms with Crippen LogP contribution in [0.25, 0.3) is 0 Å². The summed E-state index contributed by atoms with van der Waals surface area (Å²) in [5.74, 6) is 1.81. The van der Waals surface area contributed by atoms with Crippen molar-refractivity contribution in [2.75, 3.05) is 43.5 Å². The van der Waals surface area contributed by atoms with Gasteiger partial charge in [0.1, 0.15) is 5.37 Å². The third-order valence-electron chi connectivity index (χ3n) is 3.11. The maximum Gasteiger partial charge on any atom is 0.166 e. The lowest BCUT2D eigenvalue weighted by Gasteiger charge is -2.36. The number of nitrogens with zero attached hydrogens (tertiary/aromatic N) is 1. The molecule has 0 aromatic carbocycles. The maximum absolute atomic E-state index is 12.1. The molecular weight excluding hydrogens is 272 g/mol. The average Bonchev–Trinajstić information content (AvgIpc) is 2.38. The van der Waals surface area contributed by atoms with E-state index in [0.717, 1.165) is 12.3 Å². The van der Waals surface area contributed by atoms with Gasteiger partial charge < -0.3 is 10.5 Å². The Balaban J connectivity index is 2.70. The van der Waals surface area contributed by atoms with Gasteiger partial charge in [0.15, 0.2) is 9.84 Å². The van der Waals surface area contributed by atoms with Crippen molar-refractivity contribution < 1.29 is 13.2 Å². The maximum atomic E-state index is 12.1. The molecule has 18 heavy (non-hydrogen) atoms. The van der Waals surface area contributed by atoms with Crippen LogP contribution in [-0.2, 0) is 14.6 Å². The molecule has 0 spiro atoms. The summed E-state index contributed by atoms with van der Waals surface area (Å²) >= 11 is 1.70. The van der Waals surface area contributed by atoms with E-state index in [1.807, 2.05) is 11.8 Å². The molecule has 1 fully saturated rings. The molecule has 0 bridgehead atoms. The third kappa shape index (κ3) is 4.38. The van der Waals surface area contributed by atoms with Crippen molar-refractivity contribution in [3.05, 3.63) is 0 Å². The SMILES string of the molecule is CCOC(CN)CN1CCSCC1S(=O)(=O)CC. The van der Waals surface area contributed by atoms with Gasteiger partial charge in [-0.05, 0) is 6.92 Å². The Morgan fingerprint density at radius 2 is 2.22 bits per heavy atom. The van der Waals surface area contributed by atoms with E-state index in [4.69, 9.17) is 10.5 Å². The van der Waals surface area contributed by atoms with Crippen LogP contribution in [0.15, 0.2) is 0 Å². The van der Waals surface area contributed by atoms with Gasteiger partial charge in [0, 0.05) is 43.5 Å². The van der Waals surface area contributed by atoms with Crippen LogP contribution >= 0.6 is 11.8 Å². The number of hydrogen-bond acceptors (Lipinski definition) is 6. The standard InChI is InChI=1S/C11H24N2O3S2/c1-3-16-10(7-12)8-13-5-6-17-9-11(13)18(14,15)4-2/h10-11H,3-9,12H2,1-2H3. The molecule has 2 atom stereocenters. The van der Waals surface area contributed by atoms with E-state index in [-0.39, 0.29) is 17.2 Å². The first-order chi connectivity index (χ1) is 8.55. The fourth-order valence-corrected chi connectivity index (χ4v) is 5.13. The van der Waals surface area contributed by atoms with Crippen molar-refractivity contribution in [1.82, 2.24) is 4.90 Å². The Labute approximate surface area is 114 Å². The lowest BCUT2D eigenvalue weighted by molar-refractivity contribution is 0.0382. The van der Waals surface area contributed by atoms with E-state index >= 15 is 0 Å².